The van der Waals surface area contributed by atoms with E-state index in [1.54, 1.807) is 6.26 Å². The summed E-state index contributed by atoms with van der Waals surface area (Å²) in [4.78, 5) is 13.5. The van der Waals surface area contributed by atoms with Crippen LogP contribution in [0.4, 0.5) is 0 Å². The van der Waals surface area contributed by atoms with Crippen LogP contribution in [0.3, 0.4) is 0 Å². The van der Waals surface area contributed by atoms with Gasteiger partial charge in [0, 0.05) is 6.54 Å². The van der Waals surface area contributed by atoms with E-state index >= 15 is 0 Å². The van der Waals surface area contributed by atoms with Crippen molar-refractivity contribution in [2.24, 2.45) is 0 Å². The molecule has 1 aromatic heterocycles. The van der Waals surface area contributed by atoms with E-state index in [0.29, 0.717) is 6.54 Å². The topological polar surface area (TPSA) is 45.5 Å². The predicted molar refractivity (Wildman–Crippen MR) is 66.0 cm³/mol. The second-order valence-corrected chi connectivity index (χ2v) is 4.48. The summed E-state index contributed by atoms with van der Waals surface area (Å²) in [5, 5.41) is 2.83. The molecule has 17 heavy (non-hydrogen) atoms. The fourth-order valence-corrected chi connectivity index (χ4v) is 2.30. The molecule has 1 fully saturated rings. The SMILES string of the molecule is O=C(CCl)NCC(c1ccco1)N1CCCC1. The molecule has 4 nitrogen and oxygen atoms in total. The van der Waals surface area contributed by atoms with Gasteiger partial charge in [-0.05, 0) is 38.1 Å². The maximum absolute atomic E-state index is 11.2. The number of hydrogen-bond donors (Lipinski definition) is 1. The van der Waals surface area contributed by atoms with Crippen LogP contribution in [0, 0.1) is 0 Å². The first-order valence-corrected chi connectivity index (χ1v) is 6.45. The molecule has 2 heterocycles. The molecule has 2 rings (SSSR count). The molecular formula is C12H17ClN2O2. The predicted octanol–water partition coefficient (Wildman–Crippen LogP) is 1.77. The van der Waals surface area contributed by atoms with E-state index < -0.39 is 0 Å². The highest BCUT2D eigenvalue weighted by Crippen LogP contribution is 2.24. The molecule has 0 spiro atoms. The zero-order chi connectivity index (χ0) is 12.1. The van der Waals surface area contributed by atoms with Crippen molar-refractivity contribution >= 4 is 17.5 Å². The number of rotatable bonds is 5. The lowest BCUT2D eigenvalue weighted by Crippen LogP contribution is -2.37. The molecule has 5 heteroatoms. The molecule has 1 unspecified atom stereocenters. The van der Waals surface area contributed by atoms with Gasteiger partial charge in [0.05, 0.1) is 12.3 Å². The number of carbonyl (C=O) groups is 1. The summed E-state index contributed by atoms with van der Waals surface area (Å²) < 4.78 is 5.45. The molecule has 1 saturated heterocycles. The Balaban J connectivity index is 1.99. The van der Waals surface area contributed by atoms with Crippen molar-refractivity contribution in [3.8, 4) is 0 Å². The molecule has 0 saturated carbocycles. The molecule has 0 aliphatic carbocycles. The fourth-order valence-electron chi connectivity index (χ4n) is 2.20. The van der Waals surface area contributed by atoms with Crippen molar-refractivity contribution in [2.75, 3.05) is 25.5 Å². The molecule has 0 aromatic carbocycles. The largest absolute Gasteiger partial charge is 0.468 e. The summed E-state index contributed by atoms with van der Waals surface area (Å²) in [6.07, 6.45) is 4.09. The van der Waals surface area contributed by atoms with Crippen molar-refractivity contribution in [1.82, 2.24) is 10.2 Å². The lowest BCUT2D eigenvalue weighted by atomic mass is 10.2. The first-order valence-electron chi connectivity index (χ1n) is 5.91. The van der Waals surface area contributed by atoms with Gasteiger partial charge in [-0.3, -0.25) is 9.69 Å². The van der Waals surface area contributed by atoms with Gasteiger partial charge >= 0.3 is 0 Å². The van der Waals surface area contributed by atoms with Crippen molar-refractivity contribution in [3.05, 3.63) is 24.2 Å². The number of furan rings is 1. The number of hydrogen-bond acceptors (Lipinski definition) is 3. The van der Waals surface area contributed by atoms with Gasteiger partial charge in [0.1, 0.15) is 11.6 Å². The lowest BCUT2D eigenvalue weighted by Gasteiger charge is -2.25. The second-order valence-electron chi connectivity index (χ2n) is 4.21. The van der Waals surface area contributed by atoms with Gasteiger partial charge in [0.25, 0.3) is 0 Å². The maximum atomic E-state index is 11.2. The minimum Gasteiger partial charge on any atom is -0.468 e. The summed E-state index contributed by atoms with van der Waals surface area (Å²) in [7, 11) is 0. The highest BCUT2D eigenvalue weighted by molar-refractivity contribution is 6.27. The van der Waals surface area contributed by atoms with Crippen LogP contribution >= 0.6 is 11.6 Å². The highest BCUT2D eigenvalue weighted by Gasteiger charge is 2.25. The van der Waals surface area contributed by atoms with Crippen LogP contribution < -0.4 is 5.32 Å². The third-order valence-corrected chi connectivity index (χ3v) is 3.31. The van der Waals surface area contributed by atoms with Crippen molar-refractivity contribution in [1.29, 1.82) is 0 Å². The Morgan fingerprint density at radius 1 is 1.53 bits per heavy atom. The Labute approximate surface area is 106 Å². The monoisotopic (exact) mass is 256 g/mol. The van der Waals surface area contributed by atoms with Gasteiger partial charge in [0.2, 0.25) is 5.91 Å². The maximum Gasteiger partial charge on any atom is 0.234 e. The summed E-state index contributed by atoms with van der Waals surface area (Å²) in [6.45, 7) is 2.67. The zero-order valence-electron chi connectivity index (χ0n) is 9.69. The minimum atomic E-state index is -0.137. The van der Waals surface area contributed by atoms with E-state index in [0.717, 1.165) is 18.8 Å². The molecular weight excluding hydrogens is 240 g/mol. The first kappa shape index (κ1) is 12.5. The van der Waals surface area contributed by atoms with Crippen LogP contribution in [0.25, 0.3) is 0 Å². The van der Waals surface area contributed by atoms with Crippen LogP contribution in [0.1, 0.15) is 24.6 Å². The van der Waals surface area contributed by atoms with Crippen molar-refractivity contribution < 1.29 is 9.21 Å². The average molecular weight is 257 g/mol. The first-order chi connectivity index (χ1) is 8.31. The summed E-state index contributed by atoms with van der Waals surface area (Å²) in [6, 6.07) is 3.96. The molecule has 1 amide bonds. The number of alkyl halides is 1. The summed E-state index contributed by atoms with van der Waals surface area (Å²) >= 11 is 5.47. The molecule has 1 aliphatic rings. The third kappa shape index (κ3) is 3.23. The van der Waals surface area contributed by atoms with Gasteiger partial charge < -0.3 is 9.73 Å². The van der Waals surface area contributed by atoms with E-state index in [4.69, 9.17) is 16.0 Å². The Hall–Kier alpha value is -1.00. The average Bonchev–Trinajstić information content (AvgIpc) is 3.01. The fraction of sp³-hybridized carbons (Fsp3) is 0.583. The van der Waals surface area contributed by atoms with E-state index in [1.807, 2.05) is 12.1 Å². The smallest absolute Gasteiger partial charge is 0.234 e. The Morgan fingerprint density at radius 2 is 2.29 bits per heavy atom. The number of likely N-dealkylation sites (tertiary alicyclic amines) is 1. The number of nitrogens with zero attached hydrogens (tertiary/aromatic N) is 1. The standard InChI is InChI=1S/C12H17ClN2O2/c13-8-12(16)14-9-10(11-4-3-7-17-11)15-5-1-2-6-15/h3-4,7,10H,1-2,5-6,8-9H2,(H,14,16). The van der Waals surface area contributed by atoms with Gasteiger partial charge in [-0.1, -0.05) is 0 Å². The second kappa shape index (κ2) is 6.07. The van der Waals surface area contributed by atoms with E-state index in [2.05, 4.69) is 10.2 Å². The summed E-state index contributed by atoms with van der Waals surface area (Å²) in [5.74, 6) is 0.773. The molecule has 94 valence electrons. The van der Waals surface area contributed by atoms with Crippen molar-refractivity contribution in [2.45, 2.75) is 18.9 Å². The summed E-state index contributed by atoms with van der Waals surface area (Å²) in [5.41, 5.74) is 0. The van der Waals surface area contributed by atoms with E-state index in [9.17, 15) is 4.79 Å². The van der Waals surface area contributed by atoms with Gasteiger partial charge in [-0.2, -0.15) is 0 Å². The van der Waals surface area contributed by atoms with Gasteiger partial charge in [0.15, 0.2) is 0 Å². The van der Waals surface area contributed by atoms with E-state index in [-0.39, 0.29) is 17.8 Å². The molecule has 0 radical (unpaired) electrons. The molecule has 0 bridgehead atoms. The Kier molecular flexibility index (Phi) is 4.45. The lowest BCUT2D eigenvalue weighted by molar-refractivity contribution is -0.118. The van der Waals surface area contributed by atoms with Crippen LogP contribution in [0.15, 0.2) is 22.8 Å². The van der Waals surface area contributed by atoms with Crippen LogP contribution in [0.2, 0.25) is 0 Å². The Morgan fingerprint density at radius 3 is 2.88 bits per heavy atom. The number of nitrogens with one attached hydrogen (secondary N) is 1. The zero-order valence-corrected chi connectivity index (χ0v) is 10.4. The number of carbonyl (C=O) groups excluding carboxylic acids is 1. The quantitative estimate of drug-likeness (QED) is 0.817. The van der Waals surface area contributed by atoms with Gasteiger partial charge in [-0.15, -0.1) is 11.6 Å². The third-order valence-electron chi connectivity index (χ3n) is 3.07. The Bertz CT molecular complexity index is 347. The van der Waals surface area contributed by atoms with Gasteiger partial charge in [-0.25, -0.2) is 0 Å². The molecule has 1 N–H and O–H groups in total. The molecule has 1 atom stereocenters. The molecule has 1 aromatic rings. The van der Waals surface area contributed by atoms with E-state index in [1.165, 1.54) is 12.8 Å². The number of amides is 1. The van der Waals surface area contributed by atoms with Crippen LogP contribution in [0.5, 0.6) is 0 Å². The van der Waals surface area contributed by atoms with Crippen molar-refractivity contribution in [3.63, 3.8) is 0 Å². The number of halogens is 1. The normalized spacial score (nSPS) is 18.2. The highest BCUT2D eigenvalue weighted by atomic mass is 35.5. The minimum absolute atomic E-state index is 0.00484. The van der Waals surface area contributed by atoms with Crippen LogP contribution in [-0.4, -0.2) is 36.3 Å². The molecule has 1 aliphatic heterocycles. The van der Waals surface area contributed by atoms with Crippen LogP contribution in [-0.2, 0) is 4.79 Å².